The summed E-state index contributed by atoms with van der Waals surface area (Å²) in [4.78, 5) is 35.6. The fraction of sp³-hybridized carbons (Fsp3) is 0.409. The molecular formula is C22H30N8O2. The van der Waals surface area contributed by atoms with E-state index in [0.29, 0.717) is 11.3 Å². The SMILES string of the molecule is Cc1ncc(-c2ccn3nc(N(C(=O)NC(C)(C)C)C(=O)NC(C)(C)C)nc3c2)cc1N. The van der Waals surface area contributed by atoms with Crippen molar-refractivity contribution in [3.8, 4) is 11.1 Å². The van der Waals surface area contributed by atoms with Crippen LogP contribution in [0.4, 0.5) is 21.2 Å². The van der Waals surface area contributed by atoms with Crippen LogP contribution in [-0.2, 0) is 0 Å². The number of rotatable bonds is 2. The Balaban J connectivity index is 2.02. The van der Waals surface area contributed by atoms with E-state index >= 15 is 0 Å². The number of pyridine rings is 2. The van der Waals surface area contributed by atoms with Crippen LogP contribution in [0.2, 0.25) is 0 Å². The number of nitrogens with one attached hydrogen (secondary N) is 2. The van der Waals surface area contributed by atoms with Crippen LogP contribution in [0.1, 0.15) is 47.2 Å². The van der Waals surface area contributed by atoms with Gasteiger partial charge in [0.25, 0.3) is 5.95 Å². The molecule has 0 radical (unpaired) electrons. The Morgan fingerprint density at radius 1 is 1.00 bits per heavy atom. The largest absolute Gasteiger partial charge is 0.397 e. The van der Waals surface area contributed by atoms with Crippen molar-refractivity contribution in [1.29, 1.82) is 0 Å². The summed E-state index contributed by atoms with van der Waals surface area (Å²) < 4.78 is 1.51. The molecular weight excluding hydrogens is 408 g/mol. The van der Waals surface area contributed by atoms with E-state index in [9.17, 15) is 9.59 Å². The first-order valence-electron chi connectivity index (χ1n) is 10.3. The molecule has 32 heavy (non-hydrogen) atoms. The molecule has 10 heteroatoms. The van der Waals surface area contributed by atoms with Crippen molar-refractivity contribution in [2.24, 2.45) is 0 Å². The van der Waals surface area contributed by atoms with Crippen LogP contribution in [0, 0.1) is 6.92 Å². The second-order valence-electron chi connectivity index (χ2n) is 9.72. The summed E-state index contributed by atoms with van der Waals surface area (Å²) in [6, 6.07) is 4.23. The molecule has 4 amide bonds. The van der Waals surface area contributed by atoms with Crippen LogP contribution < -0.4 is 21.3 Å². The number of hydrogen-bond acceptors (Lipinski definition) is 6. The predicted molar refractivity (Wildman–Crippen MR) is 124 cm³/mol. The molecule has 0 aromatic carbocycles. The van der Waals surface area contributed by atoms with E-state index in [1.807, 2.05) is 60.6 Å². The Morgan fingerprint density at radius 3 is 2.12 bits per heavy atom. The van der Waals surface area contributed by atoms with Gasteiger partial charge < -0.3 is 16.4 Å². The van der Waals surface area contributed by atoms with E-state index in [2.05, 4.69) is 25.7 Å². The molecule has 0 saturated heterocycles. The number of hydrogen-bond donors (Lipinski definition) is 3. The number of urea groups is 2. The molecule has 0 atom stereocenters. The van der Waals surface area contributed by atoms with Crippen LogP contribution in [0.3, 0.4) is 0 Å². The van der Waals surface area contributed by atoms with E-state index < -0.39 is 23.1 Å². The summed E-state index contributed by atoms with van der Waals surface area (Å²) in [5.41, 5.74) is 8.36. The maximum atomic E-state index is 13.0. The molecule has 3 aromatic rings. The van der Waals surface area contributed by atoms with Crippen LogP contribution in [0.25, 0.3) is 16.8 Å². The minimum atomic E-state index is -0.620. The first-order valence-corrected chi connectivity index (χ1v) is 10.3. The van der Waals surface area contributed by atoms with Gasteiger partial charge in [-0.05, 0) is 72.2 Å². The van der Waals surface area contributed by atoms with Gasteiger partial charge in [-0.25, -0.2) is 14.1 Å². The number of carbonyl (C=O) groups is 2. The van der Waals surface area contributed by atoms with Gasteiger partial charge in [0, 0.05) is 29.0 Å². The lowest BCUT2D eigenvalue weighted by molar-refractivity contribution is 0.224. The molecule has 0 spiro atoms. The van der Waals surface area contributed by atoms with Crippen LogP contribution >= 0.6 is 0 Å². The first kappa shape index (κ1) is 23.0. The third-order valence-electron chi connectivity index (χ3n) is 4.36. The van der Waals surface area contributed by atoms with E-state index in [1.54, 1.807) is 18.5 Å². The summed E-state index contributed by atoms with van der Waals surface area (Å²) in [5, 5.41) is 9.94. The highest BCUT2D eigenvalue weighted by molar-refractivity contribution is 6.12. The Morgan fingerprint density at radius 2 is 1.59 bits per heavy atom. The quantitative estimate of drug-likeness (QED) is 0.561. The van der Waals surface area contributed by atoms with E-state index in [4.69, 9.17) is 5.73 Å². The monoisotopic (exact) mass is 438 g/mol. The molecule has 0 aliphatic heterocycles. The van der Waals surface area contributed by atoms with Crippen molar-refractivity contribution in [3.05, 3.63) is 36.3 Å². The van der Waals surface area contributed by atoms with Gasteiger partial charge in [-0.3, -0.25) is 4.98 Å². The molecule has 0 fully saturated rings. The topological polar surface area (TPSA) is 131 Å². The van der Waals surface area contributed by atoms with Crippen molar-refractivity contribution in [3.63, 3.8) is 0 Å². The zero-order valence-corrected chi connectivity index (χ0v) is 19.5. The molecule has 0 bridgehead atoms. The Kier molecular flexibility index (Phi) is 5.82. The minimum Gasteiger partial charge on any atom is -0.397 e. The molecule has 4 N–H and O–H groups in total. The average molecular weight is 439 g/mol. The highest BCUT2D eigenvalue weighted by atomic mass is 16.2. The molecule has 0 aliphatic carbocycles. The van der Waals surface area contributed by atoms with Gasteiger partial charge in [0.05, 0.1) is 11.4 Å². The summed E-state index contributed by atoms with van der Waals surface area (Å²) in [7, 11) is 0. The van der Waals surface area contributed by atoms with E-state index in [-0.39, 0.29) is 5.95 Å². The Hall–Kier alpha value is -3.69. The van der Waals surface area contributed by atoms with Gasteiger partial charge in [0.15, 0.2) is 5.65 Å². The second kappa shape index (κ2) is 8.10. The number of nitrogens with two attached hydrogens (primary N) is 1. The molecule has 3 heterocycles. The smallest absolute Gasteiger partial charge is 0.333 e. The number of fused-ring (bicyclic) bond motifs is 1. The van der Waals surface area contributed by atoms with Gasteiger partial charge in [-0.1, -0.05) is 0 Å². The summed E-state index contributed by atoms with van der Waals surface area (Å²) in [5.74, 6) is -0.0350. The molecule has 0 unspecified atom stereocenters. The maximum Gasteiger partial charge on any atom is 0.333 e. The number of nitrogen functional groups attached to an aromatic ring is 1. The van der Waals surface area contributed by atoms with Crippen molar-refractivity contribution in [2.75, 3.05) is 10.6 Å². The maximum absolute atomic E-state index is 13.0. The lowest BCUT2D eigenvalue weighted by Gasteiger charge is -2.28. The average Bonchev–Trinajstić information content (AvgIpc) is 3.03. The van der Waals surface area contributed by atoms with Crippen LogP contribution in [-0.4, -0.2) is 42.7 Å². The van der Waals surface area contributed by atoms with E-state index in [1.165, 1.54) is 4.52 Å². The van der Waals surface area contributed by atoms with Crippen molar-refractivity contribution in [2.45, 2.75) is 59.5 Å². The second-order valence-corrected chi connectivity index (χ2v) is 9.72. The normalized spacial score (nSPS) is 12.0. The highest BCUT2D eigenvalue weighted by Crippen LogP contribution is 2.24. The number of imide groups is 1. The Labute approximate surface area is 187 Å². The Bertz CT molecular complexity index is 1140. The van der Waals surface area contributed by atoms with Crippen molar-refractivity contribution < 1.29 is 9.59 Å². The van der Waals surface area contributed by atoms with E-state index in [0.717, 1.165) is 21.7 Å². The van der Waals surface area contributed by atoms with Gasteiger partial charge in [-0.2, -0.15) is 9.88 Å². The van der Waals surface area contributed by atoms with Crippen molar-refractivity contribution >= 4 is 29.3 Å². The molecule has 3 rings (SSSR count). The zero-order valence-electron chi connectivity index (χ0n) is 19.5. The standard InChI is InChI=1S/C22H30N8O2/c1-13-16(23)10-15(12-24-13)14-8-9-29-17(11-14)25-18(28-29)30(19(31)26-21(2,3)4)20(32)27-22(5,6)7/h8-12H,23H2,1-7H3,(H,26,31)(H,27,32). The zero-order chi connectivity index (χ0) is 23.8. The van der Waals surface area contributed by atoms with Gasteiger partial charge >= 0.3 is 12.1 Å². The third-order valence-corrected chi connectivity index (χ3v) is 4.36. The number of aromatic nitrogens is 4. The number of aryl methyl sites for hydroxylation is 1. The summed E-state index contributed by atoms with van der Waals surface area (Å²) in [6.07, 6.45) is 3.44. The summed E-state index contributed by atoms with van der Waals surface area (Å²) in [6.45, 7) is 12.8. The minimum absolute atomic E-state index is 0.0350. The number of anilines is 2. The third kappa shape index (κ3) is 5.32. The van der Waals surface area contributed by atoms with Crippen LogP contribution in [0.5, 0.6) is 0 Å². The first-order chi connectivity index (χ1) is 14.7. The molecule has 10 nitrogen and oxygen atoms in total. The van der Waals surface area contributed by atoms with Gasteiger partial charge in [0.1, 0.15) is 0 Å². The van der Waals surface area contributed by atoms with Gasteiger partial charge in [-0.15, -0.1) is 5.10 Å². The molecule has 170 valence electrons. The lowest BCUT2D eigenvalue weighted by Crippen LogP contribution is -2.56. The number of nitrogens with zero attached hydrogens (tertiary/aromatic N) is 5. The fourth-order valence-corrected chi connectivity index (χ4v) is 2.88. The molecule has 3 aromatic heterocycles. The lowest BCUT2D eigenvalue weighted by atomic mass is 10.1. The number of amides is 4. The number of carbonyl (C=O) groups excluding carboxylic acids is 2. The fourth-order valence-electron chi connectivity index (χ4n) is 2.88. The van der Waals surface area contributed by atoms with Crippen LogP contribution in [0.15, 0.2) is 30.6 Å². The highest BCUT2D eigenvalue weighted by Gasteiger charge is 2.32. The molecule has 0 saturated carbocycles. The predicted octanol–water partition coefficient (Wildman–Crippen LogP) is 3.50. The molecule has 0 aliphatic rings. The van der Waals surface area contributed by atoms with Gasteiger partial charge in [0.2, 0.25) is 0 Å². The summed E-state index contributed by atoms with van der Waals surface area (Å²) >= 11 is 0. The van der Waals surface area contributed by atoms with Crippen molar-refractivity contribution in [1.82, 2.24) is 30.2 Å².